The number of nitrogens with one attached hydrogen (secondary N) is 1. The van der Waals surface area contributed by atoms with Gasteiger partial charge in [0.05, 0.1) is 0 Å². The van der Waals surface area contributed by atoms with Crippen molar-refractivity contribution in [3.63, 3.8) is 0 Å². The minimum Gasteiger partial charge on any atom is -0.370 e. The zero-order valence-electron chi connectivity index (χ0n) is 11.5. The Kier molecular flexibility index (Phi) is 5.35. The van der Waals surface area contributed by atoms with Crippen LogP contribution in [0.5, 0.6) is 0 Å². The third kappa shape index (κ3) is 5.74. The molecule has 1 rings (SSSR count). The van der Waals surface area contributed by atoms with E-state index in [0.29, 0.717) is 6.54 Å². The number of carbonyl (C=O) groups is 1. The molecule has 0 fully saturated rings. The van der Waals surface area contributed by atoms with E-state index < -0.39 is 21.5 Å². The molecular weight excluding hydrogens is 264 g/mol. The largest absolute Gasteiger partial charge is 0.370 e. The van der Waals surface area contributed by atoms with Gasteiger partial charge < -0.3 is 10.2 Å². The van der Waals surface area contributed by atoms with E-state index in [1.54, 1.807) is 0 Å². The number of rotatable bonds is 6. The molecular formula is C13H20N2O3S. The molecule has 0 bridgehead atoms. The molecule has 0 aliphatic rings. The molecule has 19 heavy (non-hydrogen) atoms. The lowest BCUT2D eigenvalue weighted by Crippen LogP contribution is -2.41. The summed E-state index contributed by atoms with van der Waals surface area (Å²) in [4.78, 5) is 13.4. The SMILES string of the molecule is C[C@H](CNC(=O)CS(C)(=O)=O)N(C)c1ccccc1. The van der Waals surface area contributed by atoms with Gasteiger partial charge in [0, 0.05) is 31.6 Å². The summed E-state index contributed by atoms with van der Waals surface area (Å²) >= 11 is 0. The predicted molar refractivity (Wildman–Crippen MR) is 77.0 cm³/mol. The predicted octanol–water partition coefficient (Wildman–Crippen LogP) is 0.672. The van der Waals surface area contributed by atoms with Crippen LogP contribution in [0.2, 0.25) is 0 Å². The average Bonchev–Trinajstić information content (AvgIpc) is 2.34. The van der Waals surface area contributed by atoms with Crippen molar-refractivity contribution in [3.05, 3.63) is 30.3 Å². The fraction of sp³-hybridized carbons (Fsp3) is 0.462. The smallest absolute Gasteiger partial charge is 0.235 e. The lowest BCUT2D eigenvalue weighted by molar-refractivity contribution is -0.118. The standard InChI is InChI=1S/C13H20N2O3S/c1-11(9-14-13(16)10-19(3,17)18)15(2)12-7-5-4-6-8-12/h4-8,11H,9-10H2,1-3H3,(H,14,16)/t11-/m1/s1. The second kappa shape index (κ2) is 6.56. The first kappa shape index (κ1) is 15.5. The van der Waals surface area contributed by atoms with Crippen molar-refractivity contribution in [1.29, 1.82) is 0 Å². The van der Waals surface area contributed by atoms with Crippen molar-refractivity contribution in [3.8, 4) is 0 Å². The Bertz CT molecular complexity index is 514. The number of para-hydroxylation sites is 1. The zero-order chi connectivity index (χ0) is 14.5. The summed E-state index contributed by atoms with van der Waals surface area (Å²) in [6.45, 7) is 2.37. The van der Waals surface area contributed by atoms with Gasteiger partial charge in [-0.05, 0) is 19.1 Å². The van der Waals surface area contributed by atoms with E-state index in [0.717, 1.165) is 11.9 Å². The number of hydrogen-bond donors (Lipinski definition) is 1. The van der Waals surface area contributed by atoms with Crippen molar-refractivity contribution in [1.82, 2.24) is 5.32 Å². The Morgan fingerprint density at radius 3 is 2.42 bits per heavy atom. The highest BCUT2D eigenvalue weighted by Crippen LogP contribution is 2.13. The number of likely N-dealkylation sites (N-methyl/N-ethyl adjacent to an activating group) is 1. The molecule has 6 heteroatoms. The molecule has 0 aliphatic carbocycles. The van der Waals surface area contributed by atoms with Gasteiger partial charge in [0.15, 0.2) is 9.84 Å². The third-order valence-electron chi connectivity index (χ3n) is 2.81. The fourth-order valence-corrected chi connectivity index (χ4v) is 2.18. The number of benzene rings is 1. The topological polar surface area (TPSA) is 66.5 Å². The van der Waals surface area contributed by atoms with Crippen LogP contribution in [-0.4, -0.2) is 46.0 Å². The second-order valence-electron chi connectivity index (χ2n) is 4.67. The molecule has 0 saturated heterocycles. The number of sulfone groups is 1. The van der Waals surface area contributed by atoms with E-state index in [-0.39, 0.29) is 6.04 Å². The van der Waals surface area contributed by atoms with Crippen LogP contribution in [0.4, 0.5) is 5.69 Å². The van der Waals surface area contributed by atoms with E-state index in [2.05, 4.69) is 5.32 Å². The van der Waals surface area contributed by atoms with Crippen molar-refractivity contribution in [2.24, 2.45) is 0 Å². The van der Waals surface area contributed by atoms with Gasteiger partial charge in [0.1, 0.15) is 5.75 Å². The summed E-state index contributed by atoms with van der Waals surface area (Å²) in [6, 6.07) is 9.87. The summed E-state index contributed by atoms with van der Waals surface area (Å²) in [5.41, 5.74) is 1.05. The molecule has 0 spiro atoms. The Labute approximate surface area is 114 Å². The number of carbonyl (C=O) groups excluding carboxylic acids is 1. The van der Waals surface area contributed by atoms with E-state index in [9.17, 15) is 13.2 Å². The van der Waals surface area contributed by atoms with Crippen molar-refractivity contribution >= 4 is 21.4 Å². The number of amides is 1. The highest BCUT2D eigenvalue weighted by molar-refractivity contribution is 7.91. The maximum absolute atomic E-state index is 11.4. The Hall–Kier alpha value is -1.56. The van der Waals surface area contributed by atoms with Gasteiger partial charge >= 0.3 is 0 Å². The van der Waals surface area contributed by atoms with Crippen molar-refractivity contribution in [2.45, 2.75) is 13.0 Å². The molecule has 1 amide bonds. The minimum absolute atomic E-state index is 0.0749. The van der Waals surface area contributed by atoms with Gasteiger partial charge in [-0.2, -0.15) is 0 Å². The van der Waals surface area contributed by atoms with Crippen LogP contribution < -0.4 is 10.2 Å². The van der Waals surface area contributed by atoms with Gasteiger partial charge in [-0.3, -0.25) is 4.79 Å². The first-order valence-electron chi connectivity index (χ1n) is 6.02. The second-order valence-corrected chi connectivity index (χ2v) is 6.81. The van der Waals surface area contributed by atoms with E-state index in [4.69, 9.17) is 0 Å². The Morgan fingerprint density at radius 2 is 1.89 bits per heavy atom. The van der Waals surface area contributed by atoms with Gasteiger partial charge in [-0.15, -0.1) is 0 Å². The Balaban J connectivity index is 2.48. The van der Waals surface area contributed by atoms with Gasteiger partial charge in [-0.25, -0.2) is 8.42 Å². The number of anilines is 1. The van der Waals surface area contributed by atoms with E-state index in [1.165, 1.54) is 0 Å². The van der Waals surface area contributed by atoms with Gasteiger partial charge in [0.2, 0.25) is 5.91 Å². The molecule has 0 heterocycles. The molecule has 0 aromatic heterocycles. The maximum atomic E-state index is 11.4. The van der Waals surface area contributed by atoms with E-state index >= 15 is 0 Å². The normalized spacial score (nSPS) is 12.8. The fourth-order valence-electron chi connectivity index (χ4n) is 1.61. The van der Waals surface area contributed by atoms with Crippen LogP contribution in [0.25, 0.3) is 0 Å². The molecule has 5 nitrogen and oxygen atoms in total. The highest BCUT2D eigenvalue weighted by Gasteiger charge is 2.14. The van der Waals surface area contributed by atoms with Crippen molar-refractivity contribution < 1.29 is 13.2 Å². The summed E-state index contributed by atoms with van der Waals surface area (Å²) in [5, 5.41) is 2.63. The van der Waals surface area contributed by atoms with Crippen LogP contribution in [0.1, 0.15) is 6.92 Å². The summed E-state index contributed by atoms with van der Waals surface area (Å²) in [5.74, 6) is -0.926. The van der Waals surface area contributed by atoms with Crippen LogP contribution in [0.3, 0.4) is 0 Å². The Morgan fingerprint density at radius 1 is 1.32 bits per heavy atom. The molecule has 0 aliphatic heterocycles. The summed E-state index contributed by atoms with van der Waals surface area (Å²) in [6.07, 6.45) is 1.05. The highest BCUT2D eigenvalue weighted by atomic mass is 32.2. The van der Waals surface area contributed by atoms with Gasteiger partial charge in [0.25, 0.3) is 0 Å². The van der Waals surface area contributed by atoms with E-state index in [1.807, 2.05) is 49.2 Å². The number of nitrogens with zero attached hydrogens (tertiary/aromatic N) is 1. The monoisotopic (exact) mass is 284 g/mol. The van der Waals surface area contributed by atoms with Gasteiger partial charge in [-0.1, -0.05) is 18.2 Å². The molecule has 1 N–H and O–H groups in total. The first-order valence-corrected chi connectivity index (χ1v) is 8.08. The van der Waals surface area contributed by atoms with Crippen LogP contribution in [0.15, 0.2) is 30.3 Å². The zero-order valence-corrected chi connectivity index (χ0v) is 12.3. The van der Waals surface area contributed by atoms with Crippen LogP contribution in [-0.2, 0) is 14.6 Å². The number of hydrogen-bond acceptors (Lipinski definition) is 4. The summed E-state index contributed by atoms with van der Waals surface area (Å²) in [7, 11) is -1.34. The first-order chi connectivity index (χ1) is 8.79. The van der Waals surface area contributed by atoms with Crippen molar-refractivity contribution in [2.75, 3.05) is 30.5 Å². The molecule has 1 atom stereocenters. The molecule has 0 radical (unpaired) electrons. The maximum Gasteiger partial charge on any atom is 0.235 e. The van der Waals surface area contributed by atoms with Crippen LogP contribution >= 0.6 is 0 Å². The van der Waals surface area contributed by atoms with Crippen LogP contribution in [0, 0.1) is 0 Å². The minimum atomic E-state index is -3.27. The quantitative estimate of drug-likeness (QED) is 0.834. The molecule has 0 saturated carbocycles. The molecule has 106 valence electrons. The average molecular weight is 284 g/mol. The molecule has 1 aromatic rings. The lowest BCUT2D eigenvalue weighted by atomic mass is 10.2. The third-order valence-corrected chi connectivity index (χ3v) is 3.60. The molecule has 0 unspecified atom stereocenters. The summed E-state index contributed by atoms with van der Waals surface area (Å²) < 4.78 is 21.9. The molecule has 1 aromatic carbocycles. The lowest BCUT2D eigenvalue weighted by Gasteiger charge is -2.27.